The summed E-state index contributed by atoms with van der Waals surface area (Å²) in [6.07, 6.45) is 1.06. The van der Waals surface area contributed by atoms with E-state index in [1.165, 1.54) is 22.5 Å². The van der Waals surface area contributed by atoms with Gasteiger partial charge in [0.05, 0.1) is 10.3 Å². The average molecular weight is 312 g/mol. The molecule has 0 saturated carbocycles. The van der Waals surface area contributed by atoms with E-state index < -0.39 is 15.8 Å². The first-order valence-corrected chi connectivity index (χ1v) is 8.30. The molecule has 0 N–H and O–H groups in total. The first kappa shape index (κ1) is 14.5. The van der Waals surface area contributed by atoms with Crippen LogP contribution < -0.4 is 0 Å². The molecule has 0 atom stereocenters. The Morgan fingerprint density at radius 1 is 1.24 bits per heavy atom. The monoisotopic (exact) mass is 312 g/mol. The quantitative estimate of drug-likeness (QED) is 0.768. The van der Waals surface area contributed by atoms with E-state index in [1.54, 1.807) is 11.9 Å². The van der Waals surface area contributed by atoms with Crippen LogP contribution in [0.4, 0.5) is 4.39 Å². The van der Waals surface area contributed by atoms with Crippen LogP contribution in [0, 0.1) is 11.2 Å². The van der Waals surface area contributed by atoms with E-state index in [-0.39, 0.29) is 16.2 Å². The largest absolute Gasteiger partial charge is 0.344 e. The fourth-order valence-corrected chi connectivity index (χ4v) is 4.68. The zero-order chi connectivity index (χ0) is 15.3. The van der Waals surface area contributed by atoms with Crippen LogP contribution in [-0.2, 0) is 14.8 Å². The van der Waals surface area contributed by atoms with Gasteiger partial charge in [-0.2, -0.15) is 4.31 Å². The number of hydrogen-bond donors (Lipinski definition) is 0. The molecule has 1 aromatic rings. The second-order valence-electron chi connectivity index (χ2n) is 5.80. The third kappa shape index (κ3) is 2.24. The highest BCUT2D eigenvalue weighted by Crippen LogP contribution is 2.41. The smallest absolute Gasteiger partial charge is 0.243 e. The van der Waals surface area contributed by atoms with Crippen molar-refractivity contribution in [3.05, 3.63) is 30.1 Å². The number of rotatable bonds is 2. The first-order valence-electron chi connectivity index (χ1n) is 6.86. The first-order chi connectivity index (χ1) is 9.85. The number of piperidine rings is 1. The van der Waals surface area contributed by atoms with Crippen LogP contribution in [0.2, 0.25) is 0 Å². The van der Waals surface area contributed by atoms with Crippen LogP contribution in [0.25, 0.3) is 0 Å². The Hall–Kier alpha value is -1.47. The number of benzene rings is 1. The van der Waals surface area contributed by atoms with Crippen LogP contribution in [0.1, 0.15) is 12.8 Å². The zero-order valence-corrected chi connectivity index (χ0v) is 12.6. The topological polar surface area (TPSA) is 57.7 Å². The Morgan fingerprint density at radius 3 is 2.43 bits per heavy atom. The number of β-lactam (4-membered cyclic amide) rings is 1. The zero-order valence-electron chi connectivity index (χ0n) is 11.8. The number of likely N-dealkylation sites (tertiary alicyclic amines) is 1. The van der Waals surface area contributed by atoms with Crippen molar-refractivity contribution in [2.24, 2.45) is 5.41 Å². The Balaban J connectivity index is 1.76. The van der Waals surface area contributed by atoms with Gasteiger partial charge in [0.15, 0.2) is 0 Å². The van der Waals surface area contributed by atoms with Gasteiger partial charge >= 0.3 is 0 Å². The van der Waals surface area contributed by atoms with Gasteiger partial charge in [0.25, 0.3) is 0 Å². The molecule has 21 heavy (non-hydrogen) atoms. The summed E-state index contributed by atoms with van der Waals surface area (Å²) in [6.45, 7) is 1.30. The molecule has 0 bridgehead atoms. The summed E-state index contributed by atoms with van der Waals surface area (Å²) in [4.78, 5) is 13.5. The van der Waals surface area contributed by atoms with Gasteiger partial charge in [0.1, 0.15) is 5.82 Å². The average Bonchev–Trinajstić information content (AvgIpc) is 2.47. The number of halogens is 1. The van der Waals surface area contributed by atoms with Crippen LogP contribution in [0.3, 0.4) is 0 Å². The van der Waals surface area contributed by atoms with Crippen molar-refractivity contribution in [3.63, 3.8) is 0 Å². The van der Waals surface area contributed by atoms with Gasteiger partial charge in [0.2, 0.25) is 15.9 Å². The lowest BCUT2D eigenvalue weighted by Crippen LogP contribution is -2.63. The predicted molar refractivity (Wildman–Crippen MR) is 74.5 cm³/mol. The van der Waals surface area contributed by atoms with Crippen molar-refractivity contribution in [2.45, 2.75) is 17.7 Å². The van der Waals surface area contributed by atoms with Crippen LogP contribution in [0.15, 0.2) is 29.2 Å². The Kier molecular flexibility index (Phi) is 3.29. The van der Waals surface area contributed by atoms with Crippen LogP contribution >= 0.6 is 0 Å². The minimum absolute atomic E-state index is 0.0319. The fraction of sp³-hybridized carbons (Fsp3) is 0.500. The summed E-state index contributed by atoms with van der Waals surface area (Å²) >= 11 is 0. The van der Waals surface area contributed by atoms with Crippen LogP contribution in [0.5, 0.6) is 0 Å². The Labute approximate surface area is 123 Å². The molecule has 2 fully saturated rings. The molecule has 5 nitrogen and oxygen atoms in total. The molecule has 2 heterocycles. The second-order valence-corrected chi connectivity index (χ2v) is 7.74. The molecular formula is C14H17FN2O3S. The minimum atomic E-state index is -3.68. The van der Waals surface area contributed by atoms with Crippen molar-refractivity contribution >= 4 is 15.9 Å². The molecule has 0 aromatic heterocycles. The lowest BCUT2D eigenvalue weighted by molar-refractivity contribution is -0.161. The molecule has 0 aliphatic carbocycles. The summed E-state index contributed by atoms with van der Waals surface area (Å²) in [7, 11) is -1.93. The standard InChI is InChI=1S/C14H17FN2O3S/c1-16-10-14(13(16)18)5-7-17(8-6-14)21(19,20)12-4-2-3-11(15)9-12/h2-4,9H,5-8,10H2,1H3. The number of sulfonamides is 1. The number of carbonyl (C=O) groups is 1. The third-order valence-electron chi connectivity index (χ3n) is 4.45. The Bertz CT molecular complexity index is 681. The summed E-state index contributed by atoms with van der Waals surface area (Å²) in [5.41, 5.74) is -0.372. The summed E-state index contributed by atoms with van der Waals surface area (Å²) in [5.74, 6) is -0.467. The van der Waals surface area contributed by atoms with Gasteiger partial charge in [-0.1, -0.05) is 6.07 Å². The van der Waals surface area contributed by atoms with Gasteiger partial charge in [-0.15, -0.1) is 0 Å². The van der Waals surface area contributed by atoms with E-state index in [1.807, 2.05) is 0 Å². The maximum Gasteiger partial charge on any atom is 0.243 e. The number of carbonyl (C=O) groups excluding carboxylic acids is 1. The molecule has 114 valence electrons. The maximum absolute atomic E-state index is 13.2. The van der Waals surface area contributed by atoms with E-state index in [0.29, 0.717) is 32.5 Å². The molecule has 1 aromatic carbocycles. The third-order valence-corrected chi connectivity index (χ3v) is 6.35. The van der Waals surface area contributed by atoms with Crippen LogP contribution in [-0.4, -0.2) is 50.2 Å². The Morgan fingerprint density at radius 2 is 1.90 bits per heavy atom. The van der Waals surface area contributed by atoms with Gasteiger partial charge < -0.3 is 4.90 Å². The molecule has 2 saturated heterocycles. The molecule has 0 radical (unpaired) electrons. The normalized spacial score (nSPS) is 22.4. The van der Waals surface area contributed by atoms with E-state index >= 15 is 0 Å². The van der Waals surface area contributed by atoms with E-state index in [4.69, 9.17) is 0 Å². The summed E-state index contributed by atoms with van der Waals surface area (Å²) in [6, 6.07) is 5.03. The summed E-state index contributed by atoms with van der Waals surface area (Å²) in [5, 5.41) is 0. The second kappa shape index (κ2) is 4.78. The van der Waals surface area contributed by atoms with Crippen molar-refractivity contribution in [1.82, 2.24) is 9.21 Å². The number of amides is 1. The summed E-state index contributed by atoms with van der Waals surface area (Å²) < 4.78 is 39.5. The van der Waals surface area contributed by atoms with Gasteiger partial charge in [-0.25, -0.2) is 12.8 Å². The number of hydrogen-bond acceptors (Lipinski definition) is 3. The predicted octanol–water partition coefficient (Wildman–Crippen LogP) is 1.07. The molecule has 2 aliphatic heterocycles. The molecule has 1 amide bonds. The highest BCUT2D eigenvalue weighted by molar-refractivity contribution is 7.89. The van der Waals surface area contributed by atoms with Crippen molar-refractivity contribution in [1.29, 1.82) is 0 Å². The highest BCUT2D eigenvalue weighted by Gasteiger charge is 2.52. The molecule has 0 unspecified atom stereocenters. The van der Waals surface area contributed by atoms with Gasteiger partial charge in [0, 0.05) is 26.7 Å². The van der Waals surface area contributed by atoms with Crippen molar-refractivity contribution < 1.29 is 17.6 Å². The molecule has 2 aliphatic rings. The lowest BCUT2D eigenvalue weighted by Gasteiger charge is -2.50. The molecule has 1 spiro atoms. The molecular weight excluding hydrogens is 295 g/mol. The van der Waals surface area contributed by atoms with Crippen molar-refractivity contribution in [3.8, 4) is 0 Å². The lowest BCUT2D eigenvalue weighted by atomic mass is 9.72. The van der Waals surface area contributed by atoms with E-state index in [2.05, 4.69) is 0 Å². The van der Waals surface area contributed by atoms with E-state index in [0.717, 1.165) is 6.07 Å². The fourth-order valence-electron chi connectivity index (χ4n) is 3.21. The SMILES string of the molecule is CN1CC2(CCN(S(=O)(=O)c3cccc(F)c3)CC2)C1=O. The number of nitrogens with zero attached hydrogens (tertiary/aromatic N) is 2. The van der Waals surface area contributed by atoms with E-state index in [9.17, 15) is 17.6 Å². The molecule has 3 rings (SSSR count). The maximum atomic E-state index is 13.2. The molecule has 7 heteroatoms. The highest BCUT2D eigenvalue weighted by atomic mass is 32.2. The van der Waals surface area contributed by atoms with Gasteiger partial charge in [-0.3, -0.25) is 4.79 Å². The van der Waals surface area contributed by atoms with Crippen molar-refractivity contribution in [2.75, 3.05) is 26.7 Å². The van der Waals surface area contributed by atoms with Gasteiger partial charge in [-0.05, 0) is 31.0 Å². The minimum Gasteiger partial charge on any atom is -0.344 e.